The third-order valence-electron chi connectivity index (χ3n) is 2.81. The molecule has 4 nitrogen and oxygen atoms in total. The van der Waals surface area contributed by atoms with E-state index in [0.29, 0.717) is 5.82 Å². The molecule has 0 saturated carbocycles. The highest BCUT2D eigenvalue weighted by atomic mass is 16.5. The standard InChI is InChI=1S/C16H13N3O/c17-16-11-10-15(18-19-16)12-6-8-14(9-7-12)20-13-4-2-1-3-5-13/h1-11H,(H2,17,19). The Morgan fingerprint density at radius 1 is 0.700 bits per heavy atom. The molecule has 1 aromatic heterocycles. The first-order valence-electron chi connectivity index (χ1n) is 6.24. The molecule has 0 spiro atoms. The SMILES string of the molecule is Nc1ccc(-c2ccc(Oc3ccccc3)cc2)nn1. The van der Waals surface area contributed by atoms with Crippen molar-refractivity contribution in [3.63, 3.8) is 0 Å². The maximum Gasteiger partial charge on any atom is 0.146 e. The van der Waals surface area contributed by atoms with Crippen LogP contribution in [0.4, 0.5) is 5.82 Å². The van der Waals surface area contributed by atoms with E-state index in [9.17, 15) is 0 Å². The molecule has 0 aliphatic rings. The Hall–Kier alpha value is -2.88. The summed E-state index contributed by atoms with van der Waals surface area (Å²) in [5.41, 5.74) is 7.27. The minimum Gasteiger partial charge on any atom is -0.457 e. The Labute approximate surface area is 116 Å². The zero-order valence-electron chi connectivity index (χ0n) is 10.7. The summed E-state index contributed by atoms with van der Waals surface area (Å²) >= 11 is 0. The molecular formula is C16H13N3O. The van der Waals surface area contributed by atoms with Crippen LogP contribution in [0.1, 0.15) is 0 Å². The Bertz CT molecular complexity index is 679. The van der Waals surface area contributed by atoms with Gasteiger partial charge in [0, 0.05) is 5.56 Å². The number of hydrogen-bond acceptors (Lipinski definition) is 4. The molecule has 0 aliphatic carbocycles. The normalized spacial score (nSPS) is 10.2. The molecule has 0 saturated heterocycles. The van der Waals surface area contributed by atoms with Crippen molar-refractivity contribution in [2.45, 2.75) is 0 Å². The molecule has 4 heteroatoms. The number of nitrogens with zero attached hydrogens (tertiary/aromatic N) is 2. The largest absolute Gasteiger partial charge is 0.457 e. The van der Waals surface area contributed by atoms with Crippen molar-refractivity contribution < 1.29 is 4.74 Å². The molecule has 0 bridgehead atoms. The number of rotatable bonds is 3. The second kappa shape index (κ2) is 5.40. The van der Waals surface area contributed by atoms with E-state index >= 15 is 0 Å². The van der Waals surface area contributed by atoms with Crippen LogP contribution in [-0.2, 0) is 0 Å². The third kappa shape index (κ3) is 2.75. The van der Waals surface area contributed by atoms with E-state index in [-0.39, 0.29) is 0 Å². The fourth-order valence-electron chi connectivity index (χ4n) is 1.81. The minimum absolute atomic E-state index is 0.415. The third-order valence-corrected chi connectivity index (χ3v) is 2.81. The van der Waals surface area contributed by atoms with Gasteiger partial charge in [0.25, 0.3) is 0 Å². The van der Waals surface area contributed by atoms with E-state index in [2.05, 4.69) is 10.2 Å². The average molecular weight is 263 g/mol. The Morgan fingerprint density at radius 3 is 2.05 bits per heavy atom. The van der Waals surface area contributed by atoms with E-state index < -0.39 is 0 Å². The van der Waals surface area contributed by atoms with Gasteiger partial charge in [-0.3, -0.25) is 0 Å². The molecule has 0 aliphatic heterocycles. The molecule has 0 radical (unpaired) electrons. The summed E-state index contributed by atoms with van der Waals surface area (Å²) < 4.78 is 5.73. The first-order valence-corrected chi connectivity index (χ1v) is 6.24. The molecule has 1 heterocycles. The topological polar surface area (TPSA) is 61.0 Å². The molecule has 3 rings (SSSR count). The van der Waals surface area contributed by atoms with Gasteiger partial charge in [-0.15, -0.1) is 10.2 Å². The van der Waals surface area contributed by atoms with E-state index in [1.54, 1.807) is 6.07 Å². The van der Waals surface area contributed by atoms with Crippen molar-refractivity contribution in [2.75, 3.05) is 5.73 Å². The van der Waals surface area contributed by atoms with Crippen molar-refractivity contribution in [1.82, 2.24) is 10.2 Å². The molecule has 0 unspecified atom stereocenters. The van der Waals surface area contributed by atoms with Gasteiger partial charge in [0.2, 0.25) is 0 Å². The molecule has 0 atom stereocenters. The van der Waals surface area contributed by atoms with Crippen LogP contribution in [0.15, 0.2) is 66.7 Å². The predicted octanol–water partition coefficient (Wildman–Crippen LogP) is 3.52. The number of anilines is 1. The number of nitrogen functional groups attached to an aromatic ring is 1. The molecule has 2 aromatic carbocycles. The highest BCUT2D eigenvalue weighted by Crippen LogP contribution is 2.24. The Kier molecular flexibility index (Phi) is 3.29. The first-order chi connectivity index (χ1) is 9.81. The fraction of sp³-hybridized carbons (Fsp3) is 0. The van der Waals surface area contributed by atoms with Gasteiger partial charge in [-0.25, -0.2) is 0 Å². The summed E-state index contributed by atoms with van der Waals surface area (Å²) in [6.45, 7) is 0. The van der Waals surface area contributed by atoms with Gasteiger partial charge in [-0.2, -0.15) is 0 Å². The second-order valence-electron chi connectivity index (χ2n) is 4.28. The molecule has 0 amide bonds. The van der Waals surface area contributed by atoms with Gasteiger partial charge in [-0.1, -0.05) is 18.2 Å². The second-order valence-corrected chi connectivity index (χ2v) is 4.28. The zero-order chi connectivity index (χ0) is 13.8. The molecule has 98 valence electrons. The van der Waals surface area contributed by atoms with E-state index in [1.807, 2.05) is 60.7 Å². The van der Waals surface area contributed by atoms with Crippen LogP contribution in [0, 0.1) is 0 Å². The predicted molar refractivity (Wildman–Crippen MR) is 78.4 cm³/mol. The summed E-state index contributed by atoms with van der Waals surface area (Å²) in [5, 5.41) is 7.89. The van der Waals surface area contributed by atoms with Crippen molar-refractivity contribution >= 4 is 5.82 Å². The lowest BCUT2D eigenvalue weighted by molar-refractivity contribution is 0.483. The minimum atomic E-state index is 0.415. The highest BCUT2D eigenvalue weighted by molar-refractivity contribution is 5.60. The monoisotopic (exact) mass is 263 g/mol. The van der Waals surface area contributed by atoms with Crippen LogP contribution in [-0.4, -0.2) is 10.2 Å². The van der Waals surface area contributed by atoms with Crippen LogP contribution in [0.25, 0.3) is 11.3 Å². The van der Waals surface area contributed by atoms with Gasteiger partial charge < -0.3 is 10.5 Å². The summed E-state index contributed by atoms with van der Waals surface area (Å²) in [7, 11) is 0. The van der Waals surface area contributed by atoms with Crippen LogP contribution < -0.4 is 10.5 Å². The van der Waals surface area contributed by atoms with Gasteiger partial charge in [0.1, 0.15) is 17.3 Å². The zero-order valence-corrected chi connectivity index (χ0v) is 10.7. The van der Waals surface area contributed by atoms with E-state index in [1.165, 1.54) is 0 Å². The highest BCUT2D eigenvalue weighted by Gasteiger charge is 2.01. The van der Waals surface area contributed by atoms with Crippen LogP contribution in [0.3, 0.4) is 0 Å². The molecule has 0 fully saturated rings. The summed E-state index contributed by atoms with van der Waals surface area (Å²) in [4.78, 5) is 0. The average Bonchev–Trinajstić information content (AvgIpc) is 2.50. The lowest BCUT2D eigenvalue weighted by atomic mass is 10.1. The summed E-state index contributed by atoms with van der Waals surface area (Å²) in [5.74, 6) is 2.01. The number of aromatic nitrogens is 2. The lowest BCUT2D eigenvalue weighted by Crippen LogP contribution is -1.93. The van der Waals surface area contributed by atoms with Crippen molar-refractivity contribution in [2.24, 2.45) is 0 Å². The molecule has 2 N–H and O–H groups in total. The maximum atomic E-state index is 5.73. The van der Waals surface area contributed by atoms with Gasteiger partial charge in [-0.05, 0) is 48.5 Å². The summed E-state index contributed by atoms with van der Waals surface area (Å²) in [6.07, 6.45) is 0. The smallest absolute Gasteiger partial charge is 0.146 e. The maximum absolute atomic E-state index is 5.73. The van der Waals surface area contributed by atoms with E-state index in [4.69, 9.17) is 10.5 Å². The van der Waals surface area contributed by atoms with Crippen molar-refractivity contribution in [1.29, 1.82) is 0 Å². The van der Waals surface area contributed by atoms with Crippen LogP contribution in [0.5, 0.6) is 11.5 Å². The fourth-order valence-corrected chi connectivity index (χ4v) is 1.81. The number of nitrogens with two attached hydrogens (primary N) is 1. The van der Waals surface area contributed by atoms with Gasteiger partial charge in [0.15, 0.2) is 0 Å². The molecule has 3 aromatic rings. The number of benzene rings is 2. The van der Waals surface area contributed by atoms with Crippen LogP contribution >= 0.6 is 0 Å². The number of hydrogen-bond donors (Lipinski definition) is 1. The van der Waals surface area contributed by atoms with Crippen molar-refractivity contribution in [3.8, 4) is 22.8 Å². The number of ether oxygens (including phenoxy) is 1. The Balaban J connectivity index is 1.79. The quantitative estimate of drug-likeness (QED) is 0.785. The molecular weight excluding hydrogens is 250 g/mol. The van der Waals surface area contributed by atoms with E-state index in [0.717, 1.165) is 22.8 Å². The molecule has 20 heavy (non-hydrogen) atoms. The first kappa shape index (κ1) is 12.2. The van der Waals surface area contributed by atoms with Gasteiger partial charge in [0.05, 0.1) is 5.69 Å². The summed E-state index contributed by atoms with van der Waals surface area (Å²) in [6, 6.07) is 20.9. The van der Waals surface area contributed by atoms with Crippen molar-refractivity contribution in [3.05, 3.63) is 66.7 Å². The Morgan fingerprint density at radius 2 is 1.40 bits per heavy atom. The lowest BCUT2D eigenvalue weighted by Gasteiger charge is -2.06. The number of para-hydroxylation sites is 1. The van der Waals surface area contributed by atoms with Gasteiger partial charge >= 0.3 is 0 Å². The van der Waals surface area contributed by atoms with Crippen LogP contribution in [0.2, 0.25) is 0 Å².